The molecule has 27 heavy (non-hydrogen) atoms. The number of hydrogen-bond donors (Lipinski definition) is 2. The first-order valence-electron chi connectivity index (χ1n) is 8.58. The van der Waals surface area contributed by atoms with Crippen molar-refractivity contribution in [2.45, 2.75) is 32.6 Å². The van der Waals surface area contributed by atoms with Gasteiger partial charge in [-0.3, -0.25) is 20.4 Å². The number of aryl methyl sites for hydroxylation is 1. The molecule has 0 radical (unpaired) electrons. The number of nitrogens with one attached hydrogen (secondary N) is 2. The Morgan fingerprint density at radius 3 is 2.59 bits per heavy atom. The van der Waals surface area contributed by atoms with Gasteiger partial charge < -0.3 is 4.52 Å². The van der Waals surface area contributed by atoms with Gasteiger partial charge in [-0.1, -0.05) is 49.3 Å². The Balaban J connectivity index is 1.49. The summed E-state index contributed by atoms with van der Waals surface area (Å²) in [6.07, 6.45) is 0.413. The molecule has 2 aromatic heterocycles. The molecule has 3 aromatic rings. The van der Waals surface area contributed by atoms with Crippen molar-refractivity contribution in [3.63, 3.8) is 0 Å². The fraction of sp³-hybridized carbons (Fsp3) is 0.263. The molecule has 0 saturated heterocycles. The maximum absolute atomic E-state index is 11.9. The van der Waals surface area contributed by atoms with Crippen LogP contribution in [0.4, 0.5) is 0 Å². The quantitative estimate of drug-likeness (QED) is 0.636. The summed E-state index contributed by atoms with van der Waals surface area (Å²) in [5.74, 6) is 0.646. The molecule has 0 fully saturated rings. The molecule has 2 heterocycles. The van der Waals surface area contributed by atoms with Gasteiger partial charge in [-0.05, 0) is 22.9 Å². The van der Waals surface area contributed by atoms with Crippen LogP contribution in [0.25, 0.3) is 11.4 Å². The molecule has 2 amide bonds. The molecular formula is C19H20N4O3S. The number of nitrogens with zero attached hydrogens (tertiary/aromatic N) is 2. The van der Waals surface area contributed by atoms with Gasteiger partial charge in [-0.25, -0.2) is 0 Å². The largest absolute Gasteiger partial charge is 0.339 e. The van der Waals surface area contributed by atoms with Crippen LogP contribution in [0.5, 0.6) is 0 Å². The van der Waals surface area contributed by atoms with Gasteiger partial charge in [0.15, 0.2) is 0 Å². The number of hydrogen-bond acceptors (Lipinski definition) is 6. The van der Waals surface area contributed by atoms with Crippen molar-refractivity contribution in [2.24, 2.45) is 0 Å². The summed E-state index contributed by atoms with van der Waals surface area (Å²) in [5, 5.41) is 5.75. The van der Waals surface area contributed by atoms with Gasteiger partial charge in [-0.2, -0.15) is 4.98 Å². The van der Waals surface area contributed by atoms with Gasteiger partial charge in [0.2, 0.25) is 17.6 Å². The smallest absolute Gasteiger partial charge is 0.279 e. The fourth-order valence-corrected chi connectivity index (χ4v) is 2.99. The van der Waals surface area contributed by atoms with E-state index in [1.54, 1.807) is 17.5 Å². The molecule has 0 unspecified atom stereocenters. The van der Waals surface area contributed by atoms with Gasteiger partial charge in [0.05, 0.1) is 4.88 Å². The lowest BCUT2D eigenvalue weighted by Crippen LogP contribution is -2.41. The minimum Gasteiger partial charge on any atom is -0.339 e. The van der Waals surface area contributed by atoms with E-state index < -0.39 is 0 Å². The van der Waals surface area contributed by atoms with Crippen LogP contribution >= 0.6 is 11.3 Å². The number of hydrazine groups is 1. The molecule has 0 spiro atoms. The highest BCUT2D eigenvalue weighted by molar-refractivity contribution is 7.12. The van der Waals surface area contributed by atoms with Crippen LogP contribution in [-0.4, -0.2) is 22.0 Å². The van der Waals surface area contributed by atoms with E-state index in [-0.39, 0.29) is 24.7 Å². The number of benzene rings is 1. The van der Waals surface area contributed by atoms with Gasteiger partial charge in [0.1, 0.15) is 0 Å². The summed E-state index contributed by atoms with van der Waals surface area (Å²) >= 11 is 1.30. The van der Waals surface area contributed by atoms with Crippen molar-refractivity contribution in [3.8, 4) is 11.4 Å². The lowest BCUT2D eigenvalue weighted by atomic mass is 10.0. The first kappa shape index (κ1) is 18.8. The van der Waals surface area contributed by atoms with Crippen LogP contribution in [0, 0.1) is 0 Å². The molecule has 0 aliphatic rings. The molecule has 0 saturated carbocycles. The average Bonchev–Trinajstić information content (AvgIpc) is 3.36. The Morgan fingerprint density at radius 1 is 1.15 bits per heavy atom. The van der Waals surface area contributed by atoms with Gasteiger partial charge in [-0.15, -0.1) is 11.3 Å². The van der Waals surface area contributed by atoms with E-state index in [1.165, 1.54) is 16.9 Å². The van der Waals surface area contributed by atoms with Gasteiger partial charge in [0.25, 0.3) is 5.91 Å². The third-order valence-corrected chi connectivity index (χ3v) is 4.80. The minimum atomic E-state index is -0.344. The van der Waals surface area contributed by atoms with E-state index in [0.29, 0.717) is 22.5 Å². The fourth-order valence-electron chi connectivity index (χ4n) is 2.37. The molecule has 8 heteroatoms. The lowest BCUT2D eigenvalue weighted by Gasteiger charge is -2.05. The highest BCUT2D eigenvalue weighted by Crippen LogP contribution is 2.20. The first-order chi connectivity index (χ1) is 13.0. The molecule has 0 aliphatic heterocycles. The molecular weight excluding hydrogens is 364 g/mol. The summed E-state index contributed by atoms with van der Waals surface area (Å²) in [7, 11) is 0. The van der Waals surface area contributed by atoms with E-state index in [2.05, 4.69) is 34.8 Å². The summed E-state index contributed by atoms with van der Waals surface area (Å²) in [4.78, 5) is 28.5. The zero-order valence-corrected chi connectivity index (χ0v) is 15.9. The average molecular weight is 384 g/mol. The van der Waals surface area contributed by atoms with Crippen molar-refractivity contribution < 1.29 is 14.1 Å². The molecule has 140 valence electrons. The van der Waals surface area contributed by atoms with Crippen molar-refractivity contribution >= 4 is 23.2 Å². The van der Waals surface area contributed by atoms with Crippen LogP contribution in [0.1, 0.15) is 47.3 Å². The number of aromatic nitrogens is 2. The maximum Gasteiger partial charge on any atom is 0.279 e. The van der Waals surface area contributed by atoms with E-state index in [9.17, 15) is 9.59 Å². The van der Waals surface area contributed by atoms with Crippen molar-refractivity contribution in [2.75, 3.05) is 0 Å². The van der Waals surface area contributed by atoms with Crippen molar-refractivity contribution in [1.29, 1.82) is 0 Å². The summed E-state index contributed by atoms with van der Waals surface area (Å²) in [6.45, 7) is 4.27. The topological polar surface area (TPSA) is 97.1 Å². The van der Waals surface area contributed by atoms with E-state index in [4.69, 9.17) is 4.52 Å². The van der Waals surface area contributed by atoms with Crippen LogP contribution < -0.4 is 10.9 Å². The normalized spacial score (nSPS) is 10.8. The molecule has 7 nitrogen and oxygen atoms in total. The second-order valence-electron chi connectivity index (χ2n) is 6.27. The predicted molar refractivity (Wildman–Crippen MR) is 102 cm³/mol. The minimum absolute atomic E-state index is 0.124. The maximum atomic E-state index is 11.9. The molecule has 3 rings (SSSR count). The first-order valence-corrected chi connectivity index (χ1v) is 9.46. The SMILES string of the molecule is CC(C)c1ccc(-c2noc(CCC(=O)NNC(=O)c3cccs3)n2)cc1. The predicted octanol–water partition coefficient (Wildman–Crippen LogP) is 3.32. The van der Waals surface area contributed by atoms with E-state index in [1.807, 2.05) is 24.3 Å². The third-order valence-electron chi connectivity index (χ3n) is 3.93. The molecule has 0 aliphatic carbocycles. The monoisotopic (exact) mass is 384 g/mol. The lowest BCUT2D eigenvalue weighted by molar-refractivity contribution is -0.121. The number of carbonyl (C=O) groups excluding carboxylic acids is 2. The molecule has 2 N–H and O–H groups in total. The number of amides is 2. The third kappa shape index (κ3) is 5.01. The van der Waals surface area contributed by atoms with Crippen molar-refractivity contribution in [3.05, 3.63) is 58.1 Å². The van der Waals surface area contributed by atoms with Crippen LogP contribution in [0.15, 0.2) is 46.3 Å². The molecule has 1 aromatic carbocycles. The van der Waals surface area contributed by atoms with Gasteiger partial charge >= 0.3 is 0 Å². The van der Waals surface area contributed by atoms with E-state index in [0.717, 1.165) is 5.56 Å². The van der Waals surface area contributed by atoms with Crippen LogP contribution in [0.2, 0.25) is 0 Å². The van der Waals surface area contributed by atoms with Crippen molar-refractivity contribution in [1.82, 2.24) is 21.0 Å². The Hall–Kier alpha value is -3.00. The van der Waals surface area contributed by atoms with Crippen LogP contribution in [-0.2, 0) is 11.2 Å². The summed E-state index contributed by atoms with van der Waals surface area (Å²) in [5.41, 5.74) is 6.85. The van der Waals surface area contributed by atoms with Gasteiger partial charge in [0, 0.05) is 18.4 Å². The number of thiophene rings is 1. The molecule has 0 bridgehead atoms. The Kier molecular flexibility index (Phi) is 5.97. The second-order valence-corrected chi connectivity index (χ2v) is 7.22. The summed E-state index contributed by atoms with van der Waals surface area (Å²) in [6, 6.07) is 11.4. The van der Waals surface area contributed by atoms with Crippen LogP contribution in [0.3, 0.4) is 0 Å². The zero-order chi connectivity index (χ0) is 19.2. The second kappa shape index (κ2) is 8.59. The number of rotatable bonds is 6. The Bertz CT molecular complexity index is 901. The standard InChI is InChI=1S/C19H20N4O3S/c1-12(2)13-5-7-14(8-6-13)18-20-17(26-23-18)10-9-16(24)21-22-19(25)15-4-3-11-27-15/h3-8,11-12H,9-10H2,1-2H3,(H,21,24)(H,22,25). The Labute approximate surface area is 160 Å². The zero-order valence-electron chi connectivity index (χ0n) is 15.1. The molecule has 0 atom stereocenters. The number of carbonyl (C=O) groups is 2. The van der Waals surface area contributed by atoms with E-state index >= 15 is 0 Å². The highest BCUT2D eigenvalue weighted by atomic mass is 32.1. The Morgan fingerprint density at radius 2 is 1.93 bits per heavy atom. The summed E-state index contributed by atoms with van der Waals surface area (Å²) < 4.78 is 5.20. The highest BCUT2D eigenvalue weighted by Gasteiger charge is 2.12.